The number of hydrogen-bond donors (Lipinski definition) is 0. The second kappa shape index (κ2) is 9.54. The Balaban J connectivity index is 1.31. The topological polar surface area (TPSA) is 87.1 Å². The molecule has 176 valence electrons. The van der Waals surface area contributed by atoms with E-state index in [-0.39, 0.29) is 0 Å². The highest BCUT2D eigenvalue weighted by Crippen LogP contribution is 2.29. The number of aromatic nitrogens is 4. The largest absolute Gasteiger partial charge is 0.489 e. The van der Waals surface area contributed by atoms with Crippen LogP contribution in [-0.2, 0) is 6.61 Å². The molecule has 0 aliphatic heterocycles. The van der Waals surface area contributed by atoms with Gasteiger partial charge >= 0.3 is 0 Å². The molecule has 7 heteroatoms. The first-order chi connectivity index (χ1) is 16.9. The van der Waals surface area contributed by atoms with Gasteiger partial charge in [0.25, 0.3) is 0 Å². The molecule has 0 atom stereocenters. The molecule has 0 saturated carbocycles. The number of aryl methyl sites for hydroxylation is 2. The molecule has 0 aliphatic rings. The highest BCUT2D eigenvalue weighted by Gasteiger charge is 2.13. The molecule has 0 bridgehead atoms. The molecule has 0 radical (unpaired) electrons. The lowest BCUT2D eigenvalue weighted by atomic mass is 10.0. The van der Waals surface area contributed by atoms with Crippen LogP contribution in [0.1, 0.15) is 42.3 Å². The average Bonchev–Trinajstić information content (AvgIpc) is 3.52. The van der Waals surface area contributed by atoms with Gasteiger partial charge in [0.2, 0.25) is 23.6 Å². The number of ether oxygens (including phenoxy) is 1. The monoisotopic (exact) mass is 466 g/mol. The normalized spacial score (nSPS) is 11.2. The minimum Gasteiger partial charge on any atom is -0.489 e. The predicted molar refractivity (Wildman–Crippen MR) is 133 cm³/mol. The molecule has 0 amide bonds. The Kier molecular flexibility index (Phi) is 6.14. The third kappa shape index (κ3) is 5.14. The third-order valence-electron chi connectivity index (χ3n) is 5.68. The molecule has 2 heterocycles. The summed E-state index contributed by atoms with van der Waals surface area (Å²) in [6.45, 7) is 8.64. The van der Waals surface area contributed by atoms with Crippen LogP contribution in [-0.4, -0.2) is 20.4 Å². The maximum atomic E-state index is 6.07. The van der Waals surface area contributed by atoms with E-state index < -0.39 is 0 Å². The zero-order valence-electron chi connectivity index (χ0n) is 20.1. The van der Waals surface area contributed by atoms with Crippen LogP contribution in [0, 0.1) is 13.8 Å². The Morgan fingerprint density at radius 1 is 0.686 bits per heavy atom. The second-order valence-electron chi connectivity index (χ2n) is 8.84. The lowest BCUT2D eigenvalue weighted by Crippen LogP contribution is -1.97. The van der Waals surface area contributed by atoms with Gasteiger partial charge in [-0.3, -0.25) is 0 Å². The van der Waals surface area contributed by atoms with E-state index in [1.165, 1.54) is 5.56 Å². The highest BCUT2D eigenvalue weighted by atomic mass is 16.5. The van der Waals surface area contributed by atoms with Crippen LogP contribution in [0.5, 0.6) is 5.75 Å². The molecule has 0 fully saturated rings. The van der Waals surface area contributed by atoms with Crippen molar-refractivity contribution in [2.75, 3.05) is 0 Å². The molecule has 5 rings (SSSR count). The van der Waals surface area contributed by atoms with Gasteiger partial charge in [0.1, 0.15) is 12.4 Å². The average molecular weight is 467 g/mol. The van der Waals surface area contributed by atoms with Crippen LogP contribution in [0.3, 0.4) is 0 Å². The Morgan fingerprint density at radius 2 is 1.29 bits per heavy atom. The van der Waals surface area contributed by atoms with E-state index in [2.05, 4.69) is 58.5 Å². The molecular formula is C28H26N4O3. The van der Waals surface area contributed by atoms with Gasteiger partial charge in [-0.05, 0) is 72.0 Å². The summed E-state index contributed by atoms with van der Waals surface area (Å²) in [5.74, 6) is 3.14. The van der Waals surface area contributed by atoms with Crippen molar-refractivity contribution in [2.24, 2.45) is 0 Å². The molecule has 0 unspecified atom stereocenters. The third-order valence-corrected chi connectivity index (χ3v) is 5.68. The lowest BCUT2D eigenvalue weighted by Gasteiger charge is -2.10. The lowest BCUT2D eigenvalue weighted by molar-refractivity contribution is 0.306. The summed E-state index contributed by atoms with van der Waals surface area (Å²) in [7, 11) is 0. The summed E-state index contributed by atoms with van der Waals surface area (Å²) in [4.78, 5) is 0. The fourth-order valence-electron chi connectivity index (χ4n) is 3.75. The van der Waals surface area contributed by atoms with Gasteiger partial charge in [-0.1, -0.05) is 38.1 Å². The number of nitrogens with zero attached hydrogens (tertiary/aromatic N) is 4. The van der Waals surface area contributed by atoms with Gasteiger partial charge in [-0.15, -0.1) is 20.4 Å². The van der Waals surface area contributed by atoms with Crippen molar-refractivity contribution in [2.45, 2.75) is 40.2 Å². The van der Waals surface area contributed by atoms with Gasteiger partial charge in [0, 0.05) is 23.6 Å². The van der Waals surface area contributed by atoms with Gasteiger partial charge in [0.05, 0.1) is 0 Å². The number of hydrogen-bond acceptors (Lipinski definition) is 7. The Bertz CT molecular complexity index is 1430. The standard InChI is InChI=1S/C28H26N4O3/c1-17(2)21-7-5-20(6-8-21)16-33-25-14-18(3)13-24(15-25)28-32-31-27(35-28)23-11-9-22(10-12-23)26-30-29-19(4)34-26/h5-15,17H,16H2,1-4H3. The first-order valence-corrected chi connectivity index (χ1v) is 11.5. The molecule has 5 aromatic rings. The molecule has 0 saturated heterocycles. The van der Waals surface area contributed by atoms with Crippen LogP contribution in [0.15, 0.2) is 75.6 Å². The molecule has 0 aliphatic carbocycles. The van der Waals surface area contributed by atoms with E-state index in [0.717, 1.165) is 33.6 Å². The highest BCUT2D eigenvalue weighted by molar-refractivity contribution is 5.63. The zero-order valence-corrected chi connectivity index (χ0v) is 20.1. The Labute approximate surface area is 203 Å². The quantitative estimate of drug-likeness (QED) is 0.261. The number of benzene rings is 3. The first kappa shape index (κ1) is 22.5. The Morgan fingerprint density at radius 3 is 1.89 bits per heavy atom. The molecule has 3 aromatic carbocycles. The molecule has 7 nitrogen and oxygen atoms in total. The predicted octanol–water partition coefficient (Wildman–Crippen LogP) is 6.77. The van der Waals surface area contributed by atoms with E-state index in [1.54, 1.807) is 6.92 Å². The maximum absolute atomic E-state index is 6.07. The van der Waals surface area contributed by atoms with Gasteiger partial charge < -0.3 is 13.6 Å². The molecular weight excluding hydrogens is 440 g/mol. The summed E-state index contributed by atoms with van der Waals surface area (Å²) < 4.78 is 17.5. The van der Waals surface area contributed by atoms with Crippen LogP contribution < -0.4 is 4.74 Å². The van der Waals surface area contributed by atoms with E-state index in [4.69, 9.17) is 13.6 Å². The van der Waals surface area contributed by atoms with Crippen molar-refractivity contribution in [3.8, 4) is 40.1 Å². The second-order valence-corrected chi connectivity index (χ2v) is 8.84. The van der Waals surface area contributed by atoms with Gasteiger partial charge in [-0.25, -0.2) is 0 Å². The van der Waals surface area contributed by atoms with E-state index in [0.29, 0.717) is 36.1 Å². The maximum Gasteiger partial charge on any atom is 0.248 e. The zero-order chi connectivity index (χ0) is 24.4. The van der Waals surface area contributed by atoms with E-state index in [9.17, 15) is 0 Å². The summed E-state index contributed by atoms with van der Waals surface area (Å²) in [6.07, 6.45) is 0. The molecule has 35 heavy (non-hydrogen) atoms. The summed E-state index contributed by atoms with van der Waals surface area (Å²) in [5, 5.41) is 16.4. The van der Waals surface area contributed by atoms with Crippen LogP contribution >= 0.6 is 0 Å². The summed E-state index contributed by atoms with van der Waals surface area (Å²) in [6, 6.07) is 22.0. The van der Waals surface area contributed by atoms with Gasteiger partial charge in [0.15, 0.2) is 0 Å². The van der Waals surface area contributed by atoms with Crippen LogP contribution in [0.25, 0.3) is 34.4 Å². The fourth-order valence-corrected chi connectivity index (χ4v) is 3.75. The van der Waals surface area contributed by atoms with Gasteiger partial charge in [-0.2, -0.15) is 0 Å². The summed E-state index contributed by atoms with van der Waals surface area (Å²) in [5.41, 5.74) is 5.93. The van der Waals surface area contributed by atoms with Crippen molar-refractivity contribution in [1.82, 2.24) is 20.4 Å². The first-order valence-electron chi connectivity index (χ1n) is 11.5. The van der Waals surface area contributed by atoms with Crippen molar-refractivity contribution in [3.63, 3.8) is 0 Å². The fraction of sp³-hybridized carbons (Fsp3) is 0.214. The minimum absolute atomic E-state index is 0.433. The van der Waals surface area contributed by atoms with E-state index >= 15 is 0 Å². The SMILES string of the molecule is Cc1cc(OCc2ccc(C(C)C)cc2)cc(-c2nnc(-c3ccc(-c4nnc(C)o4)cc3)o2)c1. The molecule has 2 aromatic heterocycles. The summed E-state index contributed by atoms with van der Waals surface area (Å²) >= 11 is 0. The Hall–Kier alpha value is -4.26. The number of rotatable bonds is 7. The van der Waals surface area contributed by atoms with E-state index in [1.807, 2.05) is 49.4 Å². The van der Waals surface area contributed by atoms with Crippen LogP contribution in [0.4, 0.5) is 0 Å². The van der Waals surface area contributed by atoms with Crippen molar-refractivity contribution < 1.29 is 13.6 Å². The minimum atomic E-state index is 0.433. The smallest absolute Gasteiger partial charge is 0.248 e. The van der Waals surface area contributed by atoms with Crippen molar-refractivity contribution in [1.29, 1.82) is 0 Å². The molecule has 0 N–H and O–H groups in total. The van der Waals surface area contributed by atoms with Crippen molar-refractivity contribution >= 4 is 0 Å². The van der Waals surface area contributed by atoms with Crippen LogP contribution in [0.2, 0.25) is 0 Å². The molecule has 0 spiro atoms. The van der Waals surface area contributed by atoms with Crippen molar-refractivity contribution in [3.05, 3.63) is 89.3 Å².